The minimum absolute atomic E-state index is 0.189. The first-order chi connectivity index (χ1) is 10.8. The summed E-state index contributed by atoms with van der Waals surface area (Å²) in [4.78, 5) is 21.5. The summed E-state index contributed by atoms with van der Waals surface area (Å²) in [7, 11) is 3.42. The third-order valence-electron chi connectivity index (χ3n) is 3.01. The molecule has 23 heavy (non-hydrogen) atoms. The fourth-order valence-corrected chi connectivity index (χ4v) is 1.80. The van der Waals surface area contributed by atoms with Crippen molar-refractivity contribution in [1.82, 2.24) is 19.4 Å². The molecule has 0 atom stereocenters. The number of amides is 1. The number of hydrogen-bond acceptors (Lipinski definition) is 4. The lowest BCUT2D eigenvalue weighted by Crippen LogP contribution is -2.27. The monoisotopic (exact) mass is 328 g/mol. The summed E-state index contributed by atoms with van der Waals surface area (Å²) in [6.45, 7) is -1.12. The van der Waals surface area contributed by atoms with Crippen molar-refractivity contribution in [2.24, 2.45) is 7.05 Å². The maximum Gasteiger partial charge on any atom is 0.422 e. The van der Waals surface area contributed by atoms with Crippen molar-refractivity contribution in [3.8, 4) is 5.88 Å². The lowest BCUT2D eigenvalue weighted by molar-refractivity contribution is -0.154. The van der Waals surface area contributed by atoms with Gasteiger partial charge < -0.3 is 14.2 Å². The van der Waals surface area contributed by atoms with Crippen LogP contribution in [0.15, 0.2) is 30.7 Å². The molecule has 0 N–H and O–H groups in total. The molecule has 2 heterocycles. The van der Waals surface area contributed by atoms with E-state index in [1.165, 1.54) is 23.2 Å². The quantitative estimate of drug-likeness (QED) is 0.843. The third kappa shape index (κ3) is 4.70. The van der Waals surface area contributed by atoms with Gasteiger partial charge in [-0.25, -0.2) is 9.97 Å². The molecule has 6 nitrogen and oxygen atoms in total. The second-order valence-corrected chi connectivity index (χ2v) is 4.90. The third-order valence-corrected chi connectivity index (χ3v) is 3.01. The maximum atomic E-state index is 12.2. The highest BCUT2D eigenvalue weighted by molar-refractivity contribution is 5.93. The van der Waals surface area contributed by atoms with Crippen molar-refractivity contribution >= 4 is 5.91 Å². The Morgan fingerprint density at radius 2 is 2.09 bits per heavy atom. The highest BCUT2D eigenvalue weighted by atomic mass is 19.4. The minimum atomic E-state index is -4.43. The summed E-state index contributed by atoms with van der Waals surface area (Å²) in [5, 5.41) is 0. The Morgan fingerprint density at radius 1 is 1.35 bits per heavy atom. The number of aryl methyl sites for hydroxylation is 1. The predicted octanol–water partition coefficient (Wildman–Crippen LogP) is 2.03. The van der Waals surface area contributed by atoms with Crippen LogP contribution in [0.5, 0.6) is 5.88 Å². The summed E-state index contributed by atoms with van der Waals surface area (Å²) in [6, 6.07) is 2.60. The topological polar surface area (TPSA) is 60.2 Å². The molecule has 0 aliphatic heterocycles. The van der Waals surface area contributed by atoms with Crippen molar-refractivity contribution in [1.29, 1.82) is 0 Å². The zero-order valence-electron chi connectivity index (χ0n) is 12.5. The first kappa shape index (κ1) is 16.8. The summed E-state index contributed by atoms with van der Waals surface area (Å²) in [5.41, 5.74) is 0.251. The molecule has 2 aromatic rings. The van der Waals surface area contributed by atoms with Crippen molar-refractivity contribution in [3.63, 3.8) is 0 Å². The van der Waals surface area contributed by atoms with Gasteiger partial charge in [0.1, 0.15) is 5.82 Å². The lowest BCUT2D eigenvalue weighted by atomic mass is 10.2. The SMILES string of the molecule is CN(Cc1nccn1C)C(=O)c1ccc(OCC(F)(F)F)nc1. The number of hydrogen-bond donors (Lipinski definition) is 0. The average Bonchev–Trinajstić information content (AvgIpc) is 2.89. The number of carbonyl (C=O) groups is 1. The van der Waals surface area contributed by atoms with Crippen molar-refractivity contribution < 1.29 is 22.7 Å². The van der Waals surface area contributed by atoms with Gasteiger partial charge in [0, 0.05) is 38.8 Å². The van der Waals surface area contributed by atoms with Crippen LogP contribution in [-0.4, -0.2) is 45.2 Å². The predicted molar refractivity (Wildman–Crippen MR) is 74.8 cm³/mol. The van der Waals surface area contributed by atoms with E-state index >= 15 is 0 Å². The van der Waals surface area contributed by atoms with E-state index in [0.717, 1.165) is 0 Å². The van der Waals surface area contributed by atoms with Crippen LogP contribution in [-0.2, 0) is 13.6 Å². The molecule has 0 fully saturated rings. The van der Waals surface area contributed by atoms with Crippen molar-refractivity contribution in [3.05, 3.63) is 42.1 Å². The molecule has 0 bridgehead atoms. The van der Waals surface area contributed by atoms with Crippen LogP contribution in [0, 0.1) is 0 Å². The van der Waals surface area contributed by atoms with Gasteiger partial charge >= 0.3 is 6.18 Å². The number of nitrogens with zero attached hydrogens (tertiary/aromatic N) is 4. The van der Waals surface area contributed by atoms with E-state index in [1.54, 1.807) is 24.0 Å². The minimum Gasteiger partial charge on any atom is -0.468 e. The van der Waals surface area contributed by atoms with Crippen LogP contribution in [0.2, 0.25) is 0 Å². The fraction of sp³-hybridized carbons (Fsp3) is 0.357. The maximum absolute atomic E-state index is 12.2. The van der Waals surface area contributed by atoms with E-state index in [1.807, 2.05) is 7.05 Å². The number of carbonyl (C=O) groups excluding carboxylic acids is 1. The molecule has 0 aliphatic carbocycles. The van der Waals surface area contributed by atoms with Gasteiger partial charge in [-0.3, -0.25) is 4.79 Å². The van der Waals surface area contributed by atoms with Gasteiger partial charge in [-0.05, 0) is 6.07 Å². The number of ether oxygens (including phenoxy) is 1. The number of halogens is 3. The van der Waals surface area contributed by atoms with Crippen LogP contribution < -0.4 is 4.74 Å². The molecule has 0 spiro atoms. The number of alkyl halides is 3. The van der Waals surface area contributed by atoms with Gasteiger partial charge in [-0.1, -0.05) is 0 Å². The van der Waals surface area contributed by atoms with E-state index < -0.39 is 12.8 Å². The van der Waals surface area contributed by atoms with Crippen molar-refractivity contribution in [2.45, 2.75) is 12.7 Å². The molecule has 9 heteroatoms. The normalized spacial score (nSPS) is 11.3. The second-order valence-electron chi connectivity index (χ2n) is 4.90. The number of imidazole rings is 1. The second kappa shape index (κ2) is 6.67. The van der Waals surface area contributed by atoms with E-state index in [0.29, 0.717) is 12.4 Å². The Hall–Kier alpha value is -2.58. The Labute approximate surface area is 130 Å². The molecule has 0 saturated heterocycles. The van der Waals surface area contributed by atoms with Gasteiger partial charge in [0.15, 0.2) is 6.61 Å². The molecule has 0 aliphatic rings. The van der Waals surface area contributed by atoms with Crippen LogP contribution >= 0.6 is 0 Å². The van der Waals surface area contributed by atoms with E-state index in [2.05, 4.69) is 14.7 Å². The van der Waals surface area contributed by atoms with Crippen molar-refractivity contribution in [2.75, 3.05) is 13.7 Å². The largest absolute Gasteiger partial charge is 0.468 e. The molecule has 2 aromatic heterocycles. The summed E-state index contributed by atoms with van der Waals surface area (Å²) in [6.07, 6.45) is 0.144. The van der Waals surface area contributed by atoms with Crippen LogP contribution in [0.25, 0.3) is 0 Å². The van der Waals surface area contributed by atoms with Gasteiger partial charge in [0.05, 0.1) is 12.1 Å². The zero-order chi connectivity index (χ0) is 17.0. The Kier molecular flexibility index (Phi) is 4.87. The van der Waals surface area contributed by atoms with Crippen LogP contribution in [0.1, 0.15) is 16.2 Å². The standard InChI is InChI=1S/C14H15F3N4O2/c1-20-6-5-18-11(20)8-21(2)13(22)10-3-4-12(19-7-10)23-9-14(15,16)17/h3-7H,8-9H2,1-2H3. The Bertz CT molecular complexity index is 667. The van der Waals surface area contributed by atoms with E-state index in [9.17, 15) is 18.0 Å². The number of aromatic nitrogens is 3. The molecule has 0 saturated carbocycles. The molecule has 1 amide bonds. The Balaban J connectivity index is 1.98. The number of pyridine rings is 1. The molecule has 124 valence electrons. The Morgan fingerprint density at radius 3 is 2.61 bits per heavy atom. The first-order valence-corrected chi connectivity index (χ1v) is 6.63. The summed E-state index contributed by atoms with van der Waals surface area (Å²) >= 11 is 0. The number of rotatable bonds is 5. The van der Waals surface area contributed by atoms with Crippen LogP contribution in [0.3, 0.4) is 0 Å². The fourth-order valence-electron chi connectivity index (χ4n) is 1.80. The molecule has 2 rings (SSSR count). The molecule has 0 radical (unpaired) electrons. The van der Waals surface area contributed by atoms with Gasteiger partial charge in [0.2, 0.25) is 5.88 Å². The molecule has 0 unspecified atom stereocenters. The average molecular weight is 328 g/mol. The first-order valence-electron chi connectivity index (χ1n) is 6.63. The zero-order valence-corrected chi connectivity index (χ0v) is 12.5. The van der Waals surface area contributed by atoms with E-state index in [-0.39, 0.29) is 17.4 Å². The lowest BCUT2D eigenvalue weighted by Gasteiger charge is -2.17. The van der Waals surface area contributed by atoms with Gasteiger partial charge in [-0.2, -0.15) is 13.2 Å². The summed E-state index contributed by atoms with van der Waals surface area (Å²) < 4.78 is 42.4. The molecule has 0 aromatic carbocycles. The highest BCUT2D eigenvalue weighted by Crippen LogP contribution is 2.17. The van der Waals surface area contributed by atoms with Gasteiger partial charge in [-0.15, -0.1) is 0 Å². The smallest absolute Gasteiger partial charge is 0.422 e. The molecular formula is C14H15F3N4O2. The van der Waals surface area contributed by atoms with E-state index in [4.69, 9.17) is 0 Å². The highest BCUT2D eigenvalue weighted by Gasteiger charge is 2.28. The van der Waals surface area contributed by atoms with Gasteiger partial charge in [0.25, 0.3) is 5.91 Å². The van der Waals surface area contributed by atoms with Crippen LogP contribution in [0.4, 0.5) is 13.2 Å². The molecular weight excluding hydrogens is 313 g/mol. The summed E-state index contributed by atoms with van der Waals surface area (Å²) in [5.74, 6) is 0.201.